The molecule has 0 saturated carbocycles. The molecule has 1 aliphatic rings. The first-order chi connectivity index (χ1) is 14.3. The fourth-order valence-electron chi connectivity index (χ4n) is 3.77. The second-order valence-electron chi connectivity index (χ2n) is 7.10. The van der Waals surface area contributed by atoms with Crippen LogP contribution in [0.1, 0.15) is 25.0 Å². The summed E-state index contributed by atoms with van der Waals surface area (Å²) >= 11 is 0. The van der Waals surface area contributed by atoms with Gasteiger partial charge < -0.3 is 14.8 Å². The second-order valence-corrected chi connectivity index (χ2v) is 7.10. The summed E-state index contributed by atoms with van der Waals surface area (Å²) in [4.78, 5) is 4.67. The Bertz CT molecular complexity index is 1020. The molecule has 1 N–H and O–H groups in total. The Morgan fingerprint density at radius 3 is 2.50 bits per heavy atom. The summed E-state index contributed by atoms with van der Waals surface area (Å²) in [5.74, 6) is 1.79. The summed E-state index contributed by atoms with van der Waals surface area (Å²) in [6.07, 6.45) is 1.03. The van der Waals surface area contributed by atoms with Crippen LogP contribution in [0.15, 0.2) is 59.6 Å². The molecule has 1 aliphatic heterocycles. The van der Waals surface area contributed by atoms with Crippen molar-refractivity contribution in [2.45, 2.75) is 20.3 Å². The Balaban J connectivity index is 0.00000256. The zero-order valence-corrected chi connectivity index (χ0v) is 18.4. The molecule has 0 radical (unpaired) electrons. The van der Waals surface area contributed by atoms with Crippen molar-refractivity contribution in [1.29, 1.82) is 0 Å². The van der Waals surface area contributed by atoms with Crippen molar-refractivity contribution in [2.75, 3.05) is 32.9 Å². The van der Waals surface area contributed by atoms with Gasteiger partial charge in [-0.15, -0.1) is 12.4 Å². The quantitative estimate of drug-likeness (QED) is 0.502. The number of aryl methyl sites for hydroxylation is 1. The van der Waals surface area contributed by atoms with Crippen molar-refractivity contribution in [2.24, 2.45) is 4.99 Å². The van der Waals surface area contributed by atoms with Gasteiger partial charge in [0.2, 0.25) is 0 Å². The number of nitrogens with one attached hydrogen (secondary N) is 1. The fourth-order valence-corrected chi connectivity index (χ4v) is 3.77. The van der Waals surface area contributed by atoms with E-state index in [1.54, 1.807) is 0 Å². The van der Waals surface area contributed by atoms with Crippen LogP contribution >= 0.6 is 12.4 Å². The lowest BCUT2D eigenvalue weighted by Gasteiger charge is -2.19. The van der Waals surface area contributed by atoms with Crippen LogP contribution in [0.4, 0.5) is 0 Å². The van der Waals surface area contributed by atoms with E-state index in [1.165, 1.54) is 16.3 Å². The monoisotopic (exact) mass is 424 g/mol. The Labute approximate surface area is 184 Å². The van der Waals surface area contributed by atoms with Crippen LogP contribution < -0.4 is 10.1 Å². The Morgan fingerprint density at radius 2 is 1.80 bits per heavy atom. The van der Waals surface area contributed by atoms with Crippen molar-refractivity contribution >= 4 is 29.0 Å². The van der Waals surface area contributed by atoms with Gasteiger partial charge in [0.05, 0.1) is 18.7 Å². The van der Waals surface area contributed by atoms with Crippen molar-refractivity contribution in [3.05, 3.63) is 65.7 Å². The summed E-state index contributed by atoms with van der Waals surface area (Å²) in [6.45, 7) is 7.59. The maximum absolute atomic E-state index is 6.36. The number of amidine groups is 1. The Hall–Kier alpha value is -2.56. The lowest BCUT2D eigenvalue weighted by molar-refractivity contribution is 0.110. The van der Waals surface area contributed by atoms with E-state index in [0.29, 0.717) is 19.8 Å². The average molecular weight is 425 g/mol. The van der Waals surface area contributed by atoms with E-state index in [2.05, 4.69) is 71.8 Å². The number of hydrogen-bond acceptors (Lipinski definition) is 4. The Kier molecular flexibility index (Phi) is 7.72. The van der Waals surface area contributed by atoms with Gasteiger partial charge in [-0.25, -0.2) is 0 Å². The number of ether oxygens (including phenoxy) is 2. The molecule has 0 spiro atoms. The van der Waals surface area contributed by atoms with Crippen molar-refractivity contribution in [3.63, 3.8) is 0 Å². The minimum Gasteiger partial charge on any atom is -0.490 e. The standard InChI is InChI=1S/C25H28N2O2.ClH/c1-3-18-9-11-19(12-10-18)23-21-8-6-5-7-20(21)17-22(25-26-13-14-27-25)24(23)29-16-15-28-4-2;/h5-12,17H,3-4,13-16H2,1-2H3,(H,26,27);1H. The van der Waals surface area contributed by atoms with Gasteiger partial charge >= 0.3 is 0 Å². The molecule has 3 aromatic carbocycles. The molecule has 4 nitrogen and oxygen atoms in total. The first-order valence-electron chi connectivity index (χ1n) is 10.5. The number of hydrogen-bond donors (Lipinski definition) is 1. The van der Waals surface area contributed by atoms with Crippen molar-refractivity contribution < 1.29 is 9.47 Å². The van der Waals surface area contributed by atoms with E-state index in [4.69, 9.17) is 9.47 Å². The maximum atomic E-state index is 6.36. The summed E-state index contributed by atoms with van der Waals surface area (Å²) < 4.78 is 11.9. The molecule has 4 rings (SSSR count). The summed E-state index contributed by atoms with van der Waals surface area (Å²) in [6, 6.07) is 19.5. The van der Waals surface area contributed by atoms with Gasteiger partial charge in [0, 0.05) is 18.7 Å². The maximum Gasteiger partial charge on any atom is 0.138 e. The SMILES string of the molecule is CCOCCOc1c(C2=NCCN2)cc2ccccc2c1-c1ccc(CC)cc1.Cl. The van der Waals surface area contributed by atoms with Crippen LogP contribution in [0.2, 0.25) is 0 Å². The number of fused-ring (bicyclic) bond motifs is 1. The molecule has 5 heteroatoms. The van der Waals surface area contributed by atoms with Crippen LogP contribution in [0.5, 0.6) is 5.75 Å². The van der Waals surface area contributed by atoms with E-state index in [0.717, 1.165) is 47.8 Å². The van der Waals surface area contributed by atoms with E-state index < -0.39 is 0 Å². The van der Waals surface area contributed by atoms with Gasteiger partial charge in [0.15, 0.2) is 0 Å². The molecule has 0 unspecified atom stereocenters. The van der Waals surface area contributed by atoms with Crippen LogP contribution in [0.3, 0.4) is 0 Å². The van der Waals surface area contributed by atoms with E-state index >= 15 is 0 Å². The molecular formula is C25H29ClN2O2. The molecule has 0 atom stereocenters. The topological polar surface area (TPSA) is 42.9 Å². The predicted octanol–water partition coefficient (Wildman–Crippen LogP) is 5.26. The fraction of sp³-hybridized carbons (Fsp3) is 0.320. The average Bonchev–Trinajstić information content (AvgIpc) is 3.31. The van der Waals surface area contributed by atoms with Gasteiger partial charge in [-0.05, 0) is 41.3 Å². The highest BCUT2D eigenvalue weighted by Gasteiger charge is 2.21. The van der Waals surface area contributed by atoms with E-state index in [1.807, 2.05) is 6.92 Å². The van der Waals surface area contributed by atoms with Crippen LogP contribution in [0.25, 0.3) is 21.9 Å². The van der Waals surface area contributed by atoms with Gasteiger partial charge in [0.1, 0.15) is 18.2 Å². The second kappa shape index (κ2) is 10.5. The van der Waals surface area contributed by atoms with Gasteiger partial charge in [-0.3, -0.25) is 4.99 Å². The zero-order chi connectivity index (χ0) is 20.1. The van der Waals surface area contributed by atoms with Gasteiger partial charge in [-0.1, -0.05) is 55.5 Å². The molecule has 1 heterocycles. The highest BCUT2D eigenvalue weighted by Crippen LogP contribution is 2.40. The first kappa shape index (κ1) is 22.1. The number of aliphatic imine (C=N–C) groups is 1. The van der Waals surface area contributed by atoms with Crippen molar-refractivity contribution in [1.82, 2.24) is 5.32 Å². The minimum absolute atomic E-state index is 0. The van der Waals surface area contributed by atoms with Crippen LogP contribution in [0, 0.1) is 0 Å². The Morgan fingerprint density at radius 1 is 1.00 bits per heavy atom. The van der Waals surface area contributed by atoms with Crippen molar-refractivity contribution in [3.8, 4) is 16.9 Å². The highest BCUT2D eigenvalue weighted by atomic mass is 35.5. The summed E-state index contributed by atoms with van der Waals surface area (Å²) in [5, 5.41) is 5.79. The largest absolute Gasteiger partial charge is 0.490 e. The lowest BCUT2D eigenvalue weighted by atomic mass is 9.93. The third-order valence-electron chi connectivity index (χ3n) is 5.26. The molecule has 0 bridgehead atoms. The summed E-state index contributed by atoms with van der Waals surface area (Å²) in [7, 11) is 0. The normalized spacial score (nSPS) is 12.9. The van der Waals surface area contributed by atoms with E-state index in [-0.39, 0.29) is 12.4 Å². The molecule has 0 aliphatic carbocycles. The number of halogens is 1. The number of benzene rings is 3. The summed E-state index contributed by atoms with van der Waals surface area (Å²) in [5.41, 5.74) is 4.63. The minimum atomic E-state index is 0. The lowest BCUT2D eigenvalue weighted by Crippen LogP contribution is -2.21. The van der Waals surface area contributed by atoms with Crippen LogP contribution in [-0.2, 0) is 11.2 Å². The zero-order valence-electron chi connectivity index (χ0n) is 17.6. The third-order valence-corrected chi connectivity index (χ3v) is 5.26. The van der Waals surface area contributed by atoms with Gasteiger partial charge in [0.25, 0.3) is 0 Å². The van der Waals surface area contributed by atoms with E-state index in [9.17, 15) is 0 Å². The van der Waals surface area contributed by atoms with Gasteiger partial charge in [-0.2, -0.15) is 0 Å². The molecular weight excluding hydrogens is 396 g/mol. The smallest absolute Gasteiger partial charge is 0.138 e. The molecule has 158 valence electrons. The number of nitrogens with zero attached hydrogens (tertiary/aromatic N) is 1. The molecule has 3 aromatic rings. The number of rotatable bonds is 8. The molecule has 30 heavy (non-hydrogen) atoms. The molecule has 0 amide bonds. The molecule has 0 fully saturated rings. The third kappa shape index (κ3) is 4.61. The first-order valence-corrected chi connectivity index (χ1v) is 10.5. The molecule has 0 aromatic heterocycles. The predicted molar refractivity (Wildman–Crippen MR) is 127 cm³/mol. The van der Waals surface area contributed by atoms with Crippen LogP contribution in [-0.4, -0.2) is 38.7 Å². The highest BCUT2D eigenvalue weighted by molar-refractivity contribution is 6.11. The molecule has 0 saturated heterocycles.